The van der Waals surface area contributed by atoms with E-state index in [-0.39, 0.29) is 22.9 Å². The third-order valence-electron chi connectivity index (χ3n) is 2.65. The summed E-state index contributed by atoms with van der Waals surface area (Å²) in [5, 5.41) is 8.73. The fourth-order valence-corrected chi connectivity index (χ4v) is 1.76. The van der Waals surface area contributed by atoms with Gasteiger partial charge in [0.25, 0.3) is 0 Å². The predicted octanol–water partition coefficient (Wildman–Crippen LogP) is 2.82. The molecular formula is C14H15ClFNO3. The van der Waals surface area contributed by atoms with Gasteiger partial charge in [0.05, 0.1) is 5.02 Å². The van der Waals surface area contributed by atoms with Crippen LogP contribution in [-0.4, -0.2) is 35.5 Å². The molecule has 0 saturated heterocycles. The summed E-state index contributed by atoms with van der Waals surface area (Å²) in [6.45, 7) is 0.320. The third-order valence-corrected chi connectivity index (χ3v) is 2.98. The number of hydrogen-bond acceptors (Lipinski definition) is 2. The van der Waals surface area contributed by atoms with E-state index in [1.54, 1.807) is 7.05 Å². The van der Waals surface area contributed by atoms with Crippen molar-refractivity contribution in [1.29, 1.82) is 0 Å². The van der Waals surface area contributed by atoms with Crippen LogP contribution < -0.4 is 0 Å². The molecule has 1 amide bonds. The highest BCUT2D eigenvalue weighted by Gasteiger charge is 2.08. The van der Waals surface area contributed by atoms with Crippen LogP contribution in [0.15, 0.2) is 24.3 Å². The van der Waals surface area contributed by atoms with Crippen LogP contribution in [0.1, 0.15) is 18.4 Å². The van der Waals surface area contributed by atoms with Crippen molar-refractivity contribution in [3.8, 4) is 0 Å². The Kier molecular flexibility index (Phi) is 6.18. The van der Waals surface area contributed by atoms with E-state index in [9.17, 15) is 14.0 Å². The number of carboxylic acids is 1. The molecule has 1 N–H and O–H groups in total. The molecule has 0 aromatic heterocycles. The van der Waals surface area contributed by atoms with Crippen molar-refractivity contribution in [1.82, 2.24) is 4.90 Å². The summed E-state index contributed by atoms with van der Waals surface area (Å²) >= 11 is 5.83. The molecule has 0 aliphatic rings. The Balaban J connectivity index is 2.61. The number of nitrogens with zero attached hydrogens (tertiary/aromatic N) is 1. The predicted molar refractivity (Wildman–Crippen MR) is 75.0 cm³/mol. The van der Waals surface area contributed by atoms with Gasteiger partial charge in [-0.2, -0.15) is 0 Å². The Labute approximate surface area is 121 Å². The maximum absolute atomic E-state index is 13.5. The maximum atomic E-state index is 13.5. The number of benzene rings is 1. The van der Waals surface area contributed by atoms with Crippen LogP contribution in [0.3, 0.4) is 0 Å². The third kappa shape index (κ3) is 5.01. The first kappa shape index (κ1) is 16.2. The van der Waals surface area contributed by atoms with Gasteiger partial charge < -0.3 is 10.0 Å². The molecule has 1 rings (SSSR count). The summed E-state index contributed by atoms with van der Waals surface area (Å²) in [5.74, 6) is -1.75. The van der Waals surface area contributed by atoms with E-state index < -0.39 is 11.8 Å². The molecule has 1 aromatic carbocycles. The van der Waals surface area contributed by atoms with Crippen LogP contribution in [0, 0.1) is 5.82 Å². The van der Waals surface area contributed by atoms with Gasteiger partial charge in [-0.05, 0) is 24.6 Å². The van der Waals surface area contributed by atoms with Crippen LogP contribution in [0.4, 0.5) is 4.39 Å². The number of hydrogen-bond donors (Lipinski definition) is 1. The van der Waals surface area contributed by atoms with Crippen molar-refractivity contribution in [3.05, 3.63) is 40.7 Å². The first-order valence-electron chi connectivity index (χ1n) is 6.01. The lowest BCUT2D eigenvalue weighted by molar-refractivity contribution is -0.137. The van der Waals surface area contributed by atoms with E-state index in [0.717, 1.165) is 0 Å². The molecule has 0 radical (unpaired) electrons. The first-order chi connectivity index (χ1) is 9.41. The minimum absolute atomic E-state index is 0.000472. The van der Waals surface area contributed by atoms with Crippen molar-refractivity contribution in [3.63, 3.8) is 0 Å². The number of aliphatic carboxylic acids is 1. The van der Waals surface area contributed by atoms with E-state index in [4.69, 9.17) is 16.7 Å². The molecule has 0 aliphatic carbocycles. The van der Waals surface area contributed by atoms with Gasteiger partial charge in [0.1, 0.15) is 5.82 Å². The summed E-state index contributed by atoms with van der Waals surface area (Å²) < 4.78 is 13.5. The lowest BCUT2D eigenvalue weighted by atomic mass is 10.2. The standard InChI is InChI=1S/C14H15ClFNO3/c1-17(9-3-6-14(19)20)13(18)8-7-10-11(15)4-2-5-12(10)16/h2,4-5,7-8H,3,6,9H2,1H3,(H,19,20)/b8-7+. The molecule has 4 nitrogen and oxygen atoms in total. The van der Waals surface area contributed by atoms with Crippen molar-refractivity contribution in [2.24, 2.45) is 0 Å². The smallest absolute Gasteiger partial charge is 0.303 e. The SMILES string of the molecule is CN(CCCC(=O)O)C(=O)/C=C/c1c(F)cccc1Cl. The number of rotatable bonds is 6. The summed E-state index contributed by atoms with van der Waals surface area (Å²) in [6, 6.07) is 4.27. The van der Waals surface area contributed by atoms with Gasteiger partial charge >= 0.3 is 5.97 Å². The Morgan fingerprint density at radius 1 is 1.45 bits per heavy atom. The number of likely N-dealkylation sites (N-methyl/N-ethyl adjacent to an activating group) is 1. The number of carbonyl (C=O) groups is 2. The molecule has 0 spiro atoms. The van der Waals surface area contributed by atoms with E-state index in [1.807, 2.05) is 0 Å². The van der Waals surface area contributed by atoms with Gasteiger partial charge in [-0.15, -0.1) is 0 Å². The van der Waals surface area contributed by atoms with Gasteiger partial charge in [-0.1, -0.05) is 17.7 Å². The normalized spacial score (nSPS) is 10.8. The zero-order valence-electron chi connectivity index (χ0n) is 11.0. The Morgan fingerprint density at radius 3 is 2.75 bits per heavy atom. The number of carbonyl (C=O) groups excluding carboxylic acids is 1. The molecule has 6 heteroatoms. The van der Waals surface area contributed by atoms with Crippen molar-refractivity contribution >= 4 is 29.6 Å². The molecular weight excluding hydrogens is 285 g/mol. The summed E-state index contributed by atoms with van der Waals surface area (Å²) in [5.41, 5.74) is 0.154. The van der Waals surface area contributed by atoms with Gasteiger partial charge in [-0.25, -0.2) is 4.39 Å². The summed E-state index contributed by atoms with van der Waals surface area (Å²) in [4.78, 5) is 23.5. The second-order valence-electron chi connectivity index (χ2n) is 4.23. The van der Waals surface area contributed by atoms with E-state index in [2.05, 4.69) is 0 Å². The molecule has 0 saturated carbocycles. The molecule has 1 aromatic rings. The molecule has 108 valence electrons. The second kappa shape index (κ2) is 7.65. The molecule has 0 heterocycles. The van der Waals surface area contributed by atoms with E-state index >= 15 is 0 Å². The van der Waals surface area contributed by atoms with Crippen molar-refractivity contribution < 1.29 is 19.1 Å². The van der Waals surface area contributed by atoms with Gasteiger partial charge in [0.2, 0.25) is 5.91 Å². The fourth-order valence-electron chi connectivity index (χ4n) is 1.53. The molecule has 20 heavy (non-hydrogen) atoms. The monoisotopic (exact) mass is 299 g/mol. The fraction of sp³-hybridized carbons (Fsp3) is 0.286. The quantitative estimate of drug-likeness (QED) is 0.822. The minimum atomic E-state index is -0.903. The largest absolute Gasteiger partial charge is 0.481 e. The highest BCUT2D eigenvalue weighted by Crippen LogP contribution is 2.20. The van der Waals surface area contributed by atoms with E-state index in [0.29, 0.717) is 13.0 Å². The van der Waals surface area contributed by atoms with E-state index in [1.165, 1.54) is 35.3 Å². The van der Waals surface area contributed by atoms with Crippen LogP contribution in [0.25, 0.3) is 6.08 Å². The number of amides is 1. The average Bonchev–Trinajstić information content (AvgIpc) is 2.37. The Morgan fingerprint density at radius 2 is 2.15 bits per heavy atom. The number of halogens is 2. The summed E-state index contributed by atoms with van der Waals surface area (Å²) in [6.07, 6.45) is 2.89. The van der Waals surface area contributed by atoms with Gasteiger partial charge in [0.15, 0.2) is 0 Å². The lowest BCUT2D eigenvalue weighted by Gasteiger charge is -2.14. The molecule has 0 unspecified atom stereocenters. The molecule has 0 fully saturated rings. The van der Waals surface area contributed by atoms with Crippen molar-refractivity contribution in [2.45, 2.75) is 12.8 Å². The van der Waals surface area contributed by atoms with Crippen LogP contribution in [0.5, 0.6) is 0 Å². The first-order valence-corrected chi connectivity index (χ1v) is 6.38. The van der Waals surface area contributed by atoms with Crippen LogP contribution in [0.2, 0.25) is 5.02 Å². The molecule has 0 aliphatic heterocycles. The van der Waals surface area contributed by atoms with Gasteiger partial charge in [0, 0.05) is 31.7 Å². The summed E-state index contributed by atoms with van der Waals surface area (Å²) in [7, 11) is 1.55. The average molecular weight is 300 g/mol. The maximum Gasteiger partial charge on any atom is 0.303 e. The Bertz CT molecular complexity index is 511. The molecule has 0 atom stereocenters. The Hall–Kier alpha value is -1.88. The highest BCUT2D eigenvalue weighted by atomic mass is 35.5. The van der Waals surface area contributed by atoms with Gasteiger partial charge in [-0.3, -0.25) is 9.59 Å². The van der Waals surface area contributed by atoms with Crippen LogP contribution in [-0.2, 0) is 9.59 Å². The molecule has 0 bridgehead atoms. The van der Waals surface area contributed by atoms with Crippen LogP contribution >= 0.6 is 11.6 Å². The lowest BCUT2D eigenvalue weighted by Crippen LogP contribution is -2.26. The zero-order chi connectivity index (χ0) is 15.1. The van der Waals surface area contributed by atoms with Crippen molar-refractivity contribution in [2.75, 3.05) is 13.6 Å². The number of carboxylic acid groups (broad SMARTS) is 1. The second-order valence-corrected chi connectivity index (χ2v) is 4.63. The highest BCUT2D eigenvalue weighted by molar-refractivity contribution is 6.32. The minimum Gasteiger partial charge on any atom is -0.481 e. The topological polar surface area (TPSA) is 57.6 Å². The zero-order valence-corrected chi connectivity index (χ0v) is 11.7.